The number of hydrogen-bond donors (Lipinski definition) is 2. The topological polar surface area (TPSA) is 51.6 Å². The van der Waals surface area contributed by atoms with Crippen molar-refractivity contribution < 1.29 is 5.11 Å². The lowest BCUT2D eigenvalue weighted by molar-refractivity contribution is 0.102. The molecule has 1 unspecified atom stereocenters. The number of piperazine rings is 1. The van der Waals surface area contributed by atoms with Crippen molar-refractivity contribution in [2.45, 2.75) is 32.4 Å². The van der Waals surface area contributed by atoms with E-state index in [1.807, 2.05) is 11.6 Å². The number of hydrogen-bond acceptors (Lipinski definition) is 6. The quantitative estimate of drug-likeness (QED) is 0.850. The number of nitrogens with zero attached hydrogens (tertiary/aromatic N) is 3. The lowest BCUT2D eigenvalue weighted by Crippen LogP contribution is -2.51. The molecule has 114 valence electrons. The highest BCUT2D eigenvalue weighted by Gasteiger charge is 2.21. The van der Waals surface area contributed by atoms with Crippen molar-refractivity contribution in [1.82, 2.24) is 15.2 Å². The Morgan fingerprint density at radius 1 is 1.35 bits per heavy atom. The van der Waals surface area contributed by atoms with E-state index in [1.54, 1.807) is 11.3 Å². The SMILES string of the molecule is CC(C)(C)NCC(O)CN1CCN(c2nccs2)CC1. The molecule has 1 aliphatic rings. The Balaban J connectivity index is 1.69. The Morgan fingerprint density at radius 3 is 2.60 bits per heavy atom. The van der Waals surface area contributed by atoms with Gasteiger partial charge >= 0.3 is 0 Å². The molecule has 1 aromatic rings. The summed E-state index contributed by atoms with van der Waals surface area (Å²) in [4.78, 5) is 9.00. The molecular formula is C14H26N4OS. The summed E-state index contributed by atoms with van der Waals surface area (Å²) in [6, 6.07) is 0. The molecule has 1 fully saturated rings. The van der Waals surface area contributed by atoms with E-state index in [2.05, 4.69) is 40.9 Å². The Bertz CT molecular complexity index is 382. The molecule has 1 saturated heterocycles. The first kappa shape index (κ1) is 15.7. The van der Waals surface area contributed by atoms with E-state index >= 15 is 0 Å². The van der Waals surface area contributed by atoms with Crippen molar-refractivity contribution in [3.8, 4) is 0 Å². The van der Waals surface area contributed by atoms with Crippen LogP contribution in [0, 0.1) is 0 Å². The maximum atomic E-state index is 10.1. The van der Waals surface area contributed by atoms with Crippen LogP contribution in [0.2, 0.25) is 0 Å². The van der Waals surface area contributed by atoms with Gasteiger partial charge in [-0.05, 0) is 20.8 Å². The predicted molar refractivity (Wildman–Crippen MR) is 84.5 cm³/mol. The number of aliphatic hydroxyl groups is 1. The third-order valence-electron chi connectivity index (χ3n) is 3.40. The zero-order valence-electron chi connectivity index (χ0n) is 12.7. The summed E-state index contributed by atoms with van der Waals surface area (Å²) >= 11 is 1.69. The fraction of sp³-hybridized carbons (Fsp3) is 0.786. The largest absolute Gasteiger partial charge is 0.390 e. The molecule has 1 atom stereocenters. The molecule has 0 radical (unpaired) electrons. The minimum absolute atomic E-state index is 0.0600. The maximum absolute atomic E-state index is 10.1. The fourth-order valence-electron chi connectivity index (χ4n) is 2.28. The fourth-order valence-corrected chi connectivity index (χ4v) is 2.98. The van der Waals surface area contributed by atoms with Crippen LogP contribution in [0.3, 0.4) is 0 Å². The average molecular weight is 298 g/mol. The molecule has 0 spiro atoms. The van der Waals surface area contributed by atoms with E-state index in [9.17, 15) is 5.11 Å². The zero-order valence-corrected chi connectivity index (χ0v) is 13.5. The van der Waals surface area contributed by atoms with Crippen molar-refractivity contribution in [2.24, 2.45) is 0 Å². The molecule has 0 aromatic carbocycles. The Labute approximate surface area is 125 Å². The lowest BCUT2D eigenvalue weighted by Gasteiger charge is -2.35. The summed E-state index contributed by atoms with van der Waals surface area (Å²) in [5, 5.41) is 16.6. The van der Waals surface area contributed by atoms with E-state index in [1.165, 1.54) is 0 Å². The molecule has 2 N–H and O–H groups in total. The van der Waals surface area contributed by atoms with Gasteiger partial charge < -0.3 is 15.3 Å². The lowest BCUT2D eigenvalue weighted by atomic mass is 10.1. The van der Waals surface area contributed by atoms with Crippen LogP contribution in [0.4, 0.5) is 5.13 Å². The normalized spacial score (nSPS) is 19.3. The van der Waals surface area contributed by atoms with Gasteiger partial charge in [0.2, 0.25) is 0 Å². The predicted octanol–water partition coefficient (Wildman–Crippen LogP) is 1.01. The van der Waals surface area contributed by atoms with Crippen molar-refractivity contribution in [1.29, 1.82) is 0 Å². The van der Waals surface area contributed by atoms with Gasteiger partial charge in [-0.15, -0.1) is 11.3 Å². The van der Waals surface area contributed by atoms with Crippen LogP contribution < -0.4 is 10.2 Å². The van der Waals surface area contributed by atoms with Gasteiger partial charge in [0.25, 0.3) is 0 Å². The first-order valence-electron chi connectivity index (χ1n) is 7.24. The van der Waals surface area contributed by atoms with Crippen LogP contribution in [-0.4, -0.2) is 65.9 Å². The maximum Gasteiger partial charge on any atom is 0.185 e. The molecule has 6 heteroatoms. The van der Waals surface area contributed by atoms with E-state index in [0.717, 1.165) is 37.9 Å². The summed E-state index contributed by atoms with van der Waals surface area (Å²) in [5.41, 5.74) is 0.0600. The van der Waals surface area contributed by atoms with Crippen molar-refractivity contribution in [3.63, 3.8) is 0 Å². The highest BCUT2D eigenvalue weighted by Crippen LogP contribution is 2.18. The van der Waals surface area contributed by atoms with Crippen LogP contribution in [0.5, 0.6) is 0 Å². The smallest absolute Gasteiger partial charge is 0.185 e. The van der Waals surface area contributed by atoms with Crippen molar-refractivity contribution >= 4 is 16.5 Å². The summed E-state index contributed by atoms with van der Waals surface area (Å²) < 4.78 is 0. The molecular weight excluding hydrogens is 272 g/mol. The molecule has 0 bridgehead atoms. The van der Waals surface area contributed by atoms with Crippen LogP contribution in [-0.2, 0) is 0 Å². The number of aromatic nitrogens is 1. The second-order valence-corrected chi connectivity index (χ2v) is 7.26. The number of thiazole rings is 1. The van der Waals surface area contributed by atoms with E-state index < -0.39 is 0 Å². The minimum atomic E-state index is -0.305. The molecule has 2 heterocycles. The molecule has 1 aliphatic heterocycles. The Morgan fingerprint density at radius 2 is 2.05 bits per heavy atom. The average Bonchev–Trinajstić information content (AvgIpc) is 2.90. The molecule has 1 aromatic heterocycles. The highest BCUT2D eigenvalue weighted by molar-refractivity contribution is 7.13. The van der Waals surface area contributed by atoms with Crippen molar-refractivity contribution in [2.75, 3.05) is 44.2 Å². The summed E-state index contributed by atoms with van der Waals surface area (Å²) in [6.07, 6.45) is 1.55. The van der Waals surface area contributed by atoms with Crippen LogP contribution in [0.25, 0.3) is 0 Å². The molecule has 0 amide bonds. The van der Waals surface area contributed by atoms with Gasteiger partial charge in [-0.2, -0.15) is 0 Å². The van der Waals surface area contributed by atoms with Gasteiger partial charge in [0, 0.05) is 56.4 Å². The first-order valence-corrected chi connectivity index (χ1v) is 8.12. The minimum Gasteiger partial charge on any atom is -0.390 e. The second kappa shape index (κ2) is 6.85. The van der Waals surface area contributed by atoms with Gasteiger partial charge in [-0.25, -0.2) is 4.98 Å². The molecule has 2 rings (SSSR count). The molecule has 0 aliphatic carbocycles. The number of nitrogens with one attached hydrogen (secondary N) is 1. The third kappa shape index (κ3) is 5.01. The van der Waals surface area contributed by atoms with Crippen LogP contribution in [0.1, 0.15) is 20.8 Å². The third-order valence-corrected chi connectivity index (χ3v) is 4.23. The molecule has 20 heavy (non-hydrogen) atoms. The molecule has 5 nitrogen and oxygen atoms in total. The monoisotopic (exact) mass is 298 g/mol. The summed E-state index contributed by atoms with van der Waals surface area (Å²) in [5.74, 6) is 0. The van der Waals surface area contributed by atoms with E-state index in [0.29, 0.717) is 6.54 Å². The number of rotatable bonds is 5. The van der Waals surface area contributed by atoms with Gasteiger partial charge in [0.15, 0.2) is 5.13 Å². The second-order valence-electron chi connectivity index (χ2n) is 6.39. The number of β-amino-alcohol motifs (C(OH)–C–C–N with tert-alkyl or cyclic N) is 1. The van der Waals surface area contributed by atoms with Gasteiger partial charge in [-0.1, -0.05) is 0 Å². The van der Waals surface area contributed by atoms with E-state index in [-0.39, 0.29) is 11.6 Å². The first-order chi connectivity index (χ1) is 9.44. The highest BCUT2D eigenvalue weighted by atomic mass is 32.1. The van der Waals surface area contributed by atoms with E-state index in [4.69, 9.17) is 0 Å². The Hall–Kier alpha value is -0.690. The standard InChI is InChI=1S/C14H26N4OS/c1-14(2,3)16-10-12(19)11-17-5-7-18(8-6-17)13-15-4-9-20-13/h4,9,12,16,19H,5-8,10-11H2,1-3H3. The summed E-state index contributed by atoms with van der Waals surface area (Å²) in [6.45, 7) is 11.7. The van der Waals surface area contributed by atoms with Gasteiger partial charge in [0.1, 0.15) is 0 Å². The number of anilines is 1. The van der Waals surface area contributed by atoms with Crippen molar-refractivity contribution in [3.05, 3.63) is 11.6 Å². The summed E-state index contributed by atoms with van der Waals surface area (Å²) in [7, 11) is 0. The van der Waals surface area contributed by atoms with Gasteiger partial charge in [-0.3, -0.25) is 4.90 Å². The van der Waals surface area contributed by atoms with Crippen LogP contribution >= 0.6 is 11.3 Å². The van der Waals surface area contributed by atoms with Gasteiger partial charge in [0.05, 0.1) is 6.10 Å². The van der Waals surface area contributed by atoms with Crippen LogP contribution in [0.15, 0.2) is 11.6 Å². The Kier molecular flexibility index (Phi) is 5.37. The zero-order chi connectivity index (χ0) is 14.6. The number of aliphatic hydroxyl groups excluding tert-OH is 1. The molecule has 0 saturated carbocycles.